The van der Waals surface area contributed by atoms with E-state index in [0.717, 1.165) is 5.92 Å². The van der Waals surface area contributed by atoms with Crippen LogP contribution in [0.5, 0.6) is 0 Å². The lowest BCUT2D eigenvalue weighted by atomic mass is 9.80. The van der Waals surface area contributed by atoms with Crippen LogP contribution in [0.2, 0.25) is 0 Å². The highest BCUT2D eigenvalue weighted by Crippen LogP contribution is 2.31. The fraction of sp³-hybridized carbons (Fsp3) is 0.688. The average molecular weight is 246 g/mol. The molecule has 0 amide bonds. The maximum atomic E-state index is 4.11. The van der Waals surface area contributed by atoms with Crippen molar-refractivity contribution in [2.75, 3.05) is 7.05 Å². The van der Waals surface area contributed by atoms with E-state index in [0.29, 0.717) is 12.0 Å². The third-order valence-corrected chi connectivity index (χ3v) is 4.52. The van der Waals surface area contributed by atoms with Crippen molar-refractivity contribution < 1.29 is 0 Å². The molecule has 1 aliphatic carbocycles. The lowest BCUT2D eigenvalue weighted by molar-refractivity contribution is 0.289. The standard InChI is InChI=1S/C16H26N2/c1-13(15-8-10-18-11-9-15)16(17-2)12-14-6-4-3-5-7-14/h8-11,13-14,16-17H,3-7,12H2,1-2H3. The Morgan fingerprint density at radius 2 is 1.89 bits per heavy atom. The van der Waals surface area contributed by atoms with E-state index in [1.165, 1.54) is 44.1 Å². The first kappa shape index (κ1) is 13.5. The van der Waals surface area contributed by atoms with Crippen molar-refractivity contribution in [1.82, 2.24) is 10.3 Å². The first-order chi connectivity index (χ1) is 8.81. The first-order valence-electron chi connectivity index (χ1n) is 7.38. The first-order valence-corrected chi connectivity index (χ1v) is 7.38. The van der Waals surface area contributed by atoms with Crippen LogP contribution in [-0.2, 0) is 0 Å². The SMILES string of the molecule is CNC(CC1CCCCC1)C(C)c1ccncc1. The van der Waals surface area contributed by atoms with Crippen molar-refractivity contribution in [2.24, 2.45) is 5.92 Å². The molecule has 1 N–H and O–H groups in total. The van der Waals surface area contributed by atoms with Crippen LogP contribution in [0.3, 0.4) is 0 Å². The molecule has 1 saturated carbocycles. The molecule has 2 nitrogen and oxygen atoms in total. The molecule has 2 rings (SSSR count). The van der Waals surface area contributed by atoms with Crippen molar-refractivity contribution in [3.05, 3.63) is 30.1 Å². The Bertz CT molecular complexity index is 330. The Morgan fingerprint density at radius 3 is 2.50 bits per heavy atom. The number of hydrogen-bond donors (Lipinski definition) is 1. The number of rotatable bonds is 5. The normalized spacial score (nSPS) is 20.6. The third kappa shape index (κ3) is 3.55. The zero-order valence-electron chi connectivity index (χ0n) is 11.7. The highest BCUT2D eigenvalue weighted by Gasteiger charge is 2.22. The maximum Gasteiger partial charge on any atom is 0.0270 e. The Hall–Kier alpha value is -0.890. The van der Waals surface area contributed by atoms with Crippen LogP contribution in [-0.4, -0.2) is 18.1 Å². The third-order valence-electron chi connectivity index (χ3n) is 4.52. The lowest BCUT2D eigenvalue weighted by Gasteiger charge is -2.30. The van der Waals surface area contributed by atoms with Gasteiger partial charge in [-0.25, -0.2) is 0 Å². The summed E-state index contributed by atoms with van der Waals surface area (Å²) in [4.78, 5) is 4.11. The van der Waals surface area contributed by atoms with Crippen LogP contribution in [0.4, 0.5) is 0 Å². The van der Waals surface area contributed by atoms with E-state index in [4.69, 9.17) is 0 Å². The zero-order chi connectivity index (χ0) is 12.8. The number of likely N-dealkylation sites (N-methyl/N-ethyl adjacent to an activating group) is 1. The Labute approximate surface area is 111 Å². The molecule has 2 heteroatoms. The van der Waals surface area contributed by atoms with Gasteiger partial charge in [0.05, 0.1) is 0 Å². The summed E-state index contributed by atoms with van der Waals surface area (Å²) >= 11 is 0. The van der Waals surface area contributed by atoms with Gasteiger partial charge in [-0.2, -0.15) is 0 Å². The predicted molar refractivity (Wildman–Crippen MR) is 76.7 cm³/mol. The smallest absolute Gasteiger partial charge is 0.0270 e. The maximum absolute atomic E-state index is 4.11. The molecule has 2 unspecified atom stereocenters. The topological polar surface area (TPSA) is 24.9 Å². The van der Waals surface area contributed by atoms with Gasteiger partial charge in [0.1, 0.15) is 0 Å². The monoisotopic (exact) mass is 246 g/mol. The van der Waals surface area contributed by atoms with Crippen LogP contribution in [0.1, 0.15) is 56.9 Å². The molecule has 0 spiro atoms. The summed E-state index contributed by atoms with van der Waals surface area (Å²) in [6.45, 7) is 2.33. The molecule has 2 atom stereocenters. The highest BCUT2D eigenvalue weighted by molar-refractivity contribution is 5.17. The minimum atomic E-state index is 0.569. The number of nitrogens with one attached hydrogen (secondary N) is 1. The van der Waals surface area contributed by atoms with Gasteiger partial charge in [-0.3, -0.25) is 4.98 Å². The highest BCUT2D eigenvalue weighted by atomic mass is 14.9. The summed E-state index contributed by atoms with van der Waals surface area (Å²) in [6, 6.07) is 4.89. The fourth-order valence-electron chi connectivity index (χ4n) is 3.25. The van der Waals surface area contributed by atoms with Crippen LogP contribution in [0, 0.1) is 5.92 Å². The van der Waals surface area contributed by atoms with E-state index in [9.17, 15) is 0 Å². The number of pyridine rings is 1. The van der Waals surface area contributed by atoms with Gasteiger partial charge in [0.2, 0.25) is 0 Å². The molecule has 18 heavy (non-hydrogen) atoms. The van der Waals surface area contributed by atoms with Gasteiger partial charge in [0.15, 0.2) is 0 Å². The van der Waals surface area contributed by atoms with Gasteiger partial charge in [-0.05, 0) is 43.0 Å². The number of hydrogen-bond acceptors (Lipinski definition) is 2. The van der Waals surface area contributed by atoms with E-state index in [-0.39, 0.29) is 0 Å². The van der Waals surface area contributed by atoms with Gasteiger partial charge >= 0.3 is 0 Å². The Balaban J connectivity index is 1.95. The van der Waals surface area contributed by atoms with Crippen molar-refractivity contribution in [3.63, 3.8) is 0 Å². The van der Waals surface area contributed by atoms with E-state index >= 15 is 0 Å². The molecule has 1 aromatic heterocycles. The largest absolute Gasteiger partial charge is 0.316 e. The molecule has 0 aliphatic heterocycles. The lowest BCUT2D eigenvalue weighted by Crippen LogP contribution is -2.33. The van der Waals surface area contributed by atoms with Gasteiger partial charge in [0.25, 0.3) is 0 Å². The Kier molecular flexibility index (Phi) is 5.18. The van der Waals surface area contributed by atoms with Crippen LogP contribution in [0.15, 0.2) is 24.5 Å². The summed E-state index contributed by atoms with van der Waals surface area (Å²) < 4.78 is 0. The number of aromatic nitrogens is 1. The van der Waals surface area contributed by atoms with Crippen molar-refractivity contribution in [3.8, 4) is 0 Å². The van der Waals surface area contributed by atoms with Gasteiger partial charge in [0, 0.05) is 18.4 Å². The quantitative estimate of drug-likeness (QED) is 0.856. The molecule has 1 aliphatic rings. The summed E-state index contributed by atoms with van der Waals surface area (Å²) in [7, 11) is 2.10. The van der Waals surface area contributed by atoms with Crippen LogP contribution in [0.25, 0.3) is 0 Å². The van der Waals surface area contributed by atoms with Crippen LogP contribution >= 0.6 is 0 Å². The second-order valence-electron chi connectivity index (χ2n) is 5.70. The molecule has 1 aromatic rings. The molecule has 0 saturated heterocycles. The molecule has 0 aromatic carbocycles. The summed E-state index contributed by atoms with van der Waals surface area (Å²) in [5, 5.41) is 3.53. The van der Waals surface area contributed by atoms with Crippen LogP contribution < -0.4 is 5.32 Å². The van der Waals surface area contributed by atoms with E-state index in [2.05, 4.69) is 36.4 Å². The molecule has 1 heterocycles. The second kappa shape index (κ2) is 6.89. The summed E-state index contributed by atoms with van der Waals surface area (Å²) in [6.07, 6.45) is 12.3. The Morgan fingerprint density at radius 1 is 1.22 bits per heavy atom. The van der Waals surface area contributed by atoms with Gasteiger partial charge in [-0.1, -0.05) is 39.0 Å². The summed E-state index contributed by atoms with van der Waals surface area (Å²) in [5.74, 6) is 1.50. The zero-order valence-corrected chi connectivity index (χ0v) is 11.7. The van der Waals surface area contributed by atoms with Gasteiger partial charge in [-0.15, -0.1) is 0 Å². The molecular weight excluding hydrogens is 220 g/mol. The molecule has 0 radical (unpaired) electrons. The minimum absolute atomic E-state index is 0.569. The molecule has 1 fully saturated rings. The predicted octanol–water partition coefficient (Wildman–Crippen LogP) is 3.74. The van der Waals surface area contributed by atoms with E-state index < -0.39 is 0 Å². The molecular formula is C16H26N2. The molecule has 100 valence electrons. The minimum Gasteiger partial charge on any atom is -0.316 e. The van der Waals surface area contributed by atoms with Gasteiger partial charge < -0.3 is 5.32 Å². The second-order valence-corrected chi connectivity index (χ2v) is 5.70. The number of nitrogens with zero attached hydrogens (tertiary/aromatic N) is 1. The molecule has 0 bridgehead atoms. The van der Waals surface area contributed by atoms with E-state index in [1.807, 2.05) is 12.4 Å². The summed E-state index contributed by atoms with van der Waals surface area (Å²) in [5.41, 5.74) is 1.40. The average Bonchev–Trinajstić information content (AvgIpc) is 2.46. The fourth-order valence-corrected chi connectivity index (χ4v) is 3.25. The van der Waals surface area contributed by atoms with E-state index in [1.54, 1.807) is 0 Å². The van der Waals surface area contributed by atoms with Crippen molar-refractivity contribution >= 4 is 0 Å². The van der Waals surface area contributed by atoms with Crippen molar-refractivity contribution in [1.29, 1.82) is 0 Å². The van der Waals surface area contributed by atoms with Crippen molar-refractivity contribution in [2.45, 2.75) is 57.4 Å².